The molecule has 20 heavy (non-hydrogen) atoms. The lowest BCUT2D eigenvalue weighted by atomic mass is 10.2. The fourth-order valence-corrected chi connectivity index (χ4v) is 4.59. The number of nitrogens with zero attached hydrogens (tertiary/aromatic N) is 1. The maximum absolute atomic E-state index is 12.7. The van der Waals surface area contributed by atoms with Crippen molar-refractivity contribution in [1.29, 1.82) is 0 Å². The number of halogens is 2. The van der Waals surface area contributed by atoms with Crippen molar-refractivity contribution in [3.8, 4) is 0 Å². The number of nitrogens with two attached hydrogens (primary N) is 1. The van der Waals surface area contributed by atoms with E-state index in [-0.39, 0.29) is 16.5 Å². The third kappa shape index (κ3) is 3.02. The molecule has 0 radical (unpaired) electrons. The molecular formula is C13H16Cl2N2O2S. The van der Waals surface area contributed by atoms with Gasteiger partial charge in [0, 0.05) is 24.7 Å². The van der Waals surface area contributed by atoms with E-state index in [0.29, 0.717) is 30.1 Å². The quantitative estimate of drug-likeness (QED) is 0.864. The molecule has 0 amide bonds. The number of hydrogen-bond donors (Lipinski definition) is 1. The van der Waals surface area contributed by atoms with Crippen molar-refractivity contribution in [1.82, 2.24) is 4.31 Å². The maximum Gasteiger partial charge on any atom is 0.244 e. The third-order valence-electron chi connectivity index (χ3n) is 3.21. The molecule has 0 atom stereocenters. The average molecular weight is 335 g/mol. The molecule has 0 unspecified atom stereocenters. The van der Waals surface area contributed by atoms with E-state index in [2.05, 4.69) is 0 Å². The summed E-state index contributed by atoms with van der Waals surface area (Å²) in [5, 5.41) is 0.474. The molecule has 1 heterocycles. The van der Waals surface area contributed by atoms with E-state index >= 15 is 0 Å². The van der Waals surface area contributed by atoms with Crippen LogP contribution in [-0.4, -0.2) is 25.8 Å². The molecule has 2 rings (SSSR count). The molecule has 1 aliphatic heterocycles. The van der Waals surface area contributed by atoms with Gasteiger partial charge in [0.15, 0.2) is 0 Å². The van der Waals surface area contributed by atoms with Gasteiger partial charge in [-0.1, -0.05) is 34.9 Å². The van der Waals surface area contributed by atoms with Crippen molar-refractivity contribution in [2.75, 3.05) is 13.1 Å². The fourth-order valence-electron chi connectivity index (χ4n) is 2.18. The Kier molecular flexibility index (Phi) is 4.76. The number of sulfonamides is 1. The maximum atomic E-state index is 12.7. The van der Waals surface area contributed by atoms with E-state index in [1.807, 2.05) is 13.0 Å². The van der Waals surface area contributed by atoms with Gasteiger partial charge in [-0.25, -0.2) is 8.42 Å². The second-order valence-corrected chi connectivity index (χ2v) is 7.48. The zero-order chi connectivity index (χ0) is 14.9. The van der Waals surface area contributed by atoms with E-state index in [0.717, 1.165) is 5.57 Å². The Hall–Kier alpha value is -0.590. The van der Waals surface area contributed by atoms with Crippen molar-refractivity contribution in [2.24, 2.45) is 5.73 Å². The first-order chi connectivity index (χ1) is 9.36. The second-order valence-electron chi connectivity index (χ2n) is 4.76. The minimum Gasteiger partial charge on any atom is -0.326 e. The topological polar surface area (TPSA) is 63.4 Å². The summed E-state index contributed by atoms with van der Waals surface area (Å²) >= 11 is 12.1. The van der Waals surface area contributed by atoms with Crippen LogP contribution in [0.2, 0.25) is 10.0 Å². The van der Waals surface area contributed by atoms with Crippen LogP contribution >= 0.6 is 23.2 Å². The highest BCUT2D eigenvalue weighted by Crippen LogP contribution is 2.32. The van der Waals surface area contributed by atoms with Crippen LogP contribution in [0.25, 0.3) is 0 Å². The minimum absolute atomic E-state index is 0.0295. The van der Waals surface area contributed by atoms with Gasteiger partial charge in [-0.15, -0.1) is 0 Å². The first-order valence-corrected chi connectivity index (χ1v) is 8.39. The van der Waals surface area contributed by atoms with Crippen LogP contribution in [0.4, 0.5) is 0 Å². The van der Waals surface area contributed by atoms with Crippen molar-refractivity contribution >= 4 is 33.2 Å². The zero-order valence-electron chi connectivity index (χ0n) is 11.1. The van der Waals surface area contributed by atoms with E-state index in [1.54, 1.807) is 6.07 Å². The molecule has 0 fully saturated rings. The molecule has 1 aliphatic rings. The fraction of sp³-hybridized carbons (Fsp3) is 0.385. The van der Waals surface area contributed by atoms with Gasteiger partial charge in [-0.2, -0.15) is 4.31 Å². The van der Waals surface area contributed by atoms with Crippen LogP contribution < -0.4 is 5.73 Å². The predicted octanol–water partition coefficient (Wildman–Crippen LogP) is 2.79. The highest BCUT2D eigenvalue weighted by atomic mass is 35.5. The van der Waals surface area contributed by atoms with Gasteiger partial charge in [-0.3, -0.25) is 0 Å². The van der Waals surface area contributed by atoms with Crippen LogP contribution in [0.5, 0.6) is 0 Å². The van der Waals surface area contributed by atoms with Crippen molar-refractivity contribution < 1.29 is 8.42 Å². The lowest BCUT2D eigenvalue weighted by Gasteiger charge is -2.26. The molecule has 1 aromatic carbocycles. The molecule has 7 heteroatoms. The van der Waals surface area contributed by atoms with E-state index in [9.17, 15) is 8.42 Å². The van der Waals surface area contributed by atoms with Gasteiger partial charge in [0.25, 0.3) is 0 Å². The monoisotopic (exact) mass is 334 g/mol. The largest absolute Gasteiger partial charge is 0.326 e. The van der Waals surface area contributed by atoms with E-state index < -0.39 is 10.0 Å². The molecular weight excluding hydrogens is 319 g/mol. The first-order valence-electron chi connectivity index (χ1n) is 6.20. The Morgan fingerprint density at radius 3 is 2.65 bits per heavy atom. The van der Waals surface area contributed by atoms with Gasteiger partial charge in [0.2, 0.25) is 10.0 Å². The summed E-state index contributed by atoms with van der Waals surface area (Å²) in [7, 11) is -3.66. The van der Waals surface area contributed by atoms with Gasteiger partial charge in [-0.05, 0) is 31.0 Å². The molecule has 0 bridgehead atoms. The van der Waals surface area contributed by atoms with E-state index in [4.69, 9.17) is 28.9 Å². The lowest BCUT2D eigenvalue weighted by Crippen LogP contribution is -2.35. The highest BCUT2D eigenvalue weighted by Gasteiger charge is 2.29. The SMILES string of the molecule is CC1=CCCN(S(=O)(=O)c2cc(Cl)cc(CN)c2Cl)C1. The Balaban J connectivity index is 2.50. The molecule has 0 aromatic heterocycles. The van der Waals surface area contributed by atoms with Gasteiger partial charge >= 0.3 is 0 Å². The highest BCUT2D eigenvalue weighted by molar-refractivity contribution is 7.89. The number of rotatable bonds is 3. The van der Waals surface area contributed by atoms with Crippen LogP contribution in [0.3, 0.4) is 0 Å². The molecule has 0 saturated carbocycles. The Morgan fingerprint density at radius 1 is 1.35 bits per heavy atom. The Morgan fingerprint density at radius 2 is 2.05 bits per heavy atom. The summed E-state index contributed by atoms with van der Waals surface area (Å²) in [6.07, 6.45) is 2.74. The van der Waals surface area contributed by atoms with Gasteiger partial charge in [0.1, 0.15) is 4.90 Å². The summed E-state index contributed by atoms with van der Waals surface area (Å²) in [6.45, 7) is 2.87. The van der Waals surface area contributed by atoms with Gasteiger partial charge < -0.3 is 5.73 Å². The number of benzene rings is 1. The standard InChI is InChI=1S/C13H16Cl2N2O2S/c1-9-3-2-4-17(8-9)20(18,19)12-6-11(14)5-10(7-16)13(12)15/h3,5-6H,2,4,7-8,16H2,1H3. The average Bonchev–Trinajstić information content (AvgIpc) is 2.40. The van der Waals surface area contributed by atoms with E-state index in [1.165, 1.54) is 10.4 Å². The number of hydrogen-bond acceptors (Lipinski definition) is 3. The van der Waals surface area contributed by atoms with Crippen LogP contribution in [0, 0.1) is 0 Å². The minimum atomic E-state index is -3.66. The smallest absolute Gasteiger partial charge is 0.244 e. The molecule has 0 saturated heterocycles. The lowest BCUT2D eigenvalue weighted by molar-refractivity contribution is 0.428. The third-order valence-corrected chi connectivity index (χ3v) is 5.86. The van der Waals surface area contributed by atoms with Crippen LogP contribution in [0.1, 0.15) is 18.9 Å². The molecule has 2 N–H and O–H groups in total. The summed E-state index contributed by atoms with van der Waals surface area (Å²) in [5.74, 6) is 0. The molecule has 0 spiro atoms. The summed E-state index contributed by atoms with van der Waals surface area (Å²) in [4.78, 5) is 0.0295. The first kappa shape index (κ1) is 15.8. The van der Waals surface area contributed by atoms with Crippen molar-refractivity contribution in [3.63, 3.8) is 0 Å². The van der Waals surface area contributed by atoms with Crippen molar-refractivity contribution in [3.05, 3.63) is 39.4 Å². The van der Waals surface area contributed by atoms with Crippen LogP contribution in [0.15, 0.2) is 28.7 Å². The van der Waals surface area contributed by atoms with Crippen molar-refractivity contribution in [2.45, 2.75) is 24.8 Å². The summed E-state index contributed by atoms with van der Waals surface area (Å²) in [6, 6.07) is 2.97. The summed E-state index contributed by atoms with van der Waals surface area (Å²) < 4.78 is 26.8. The van der Waals surface area contributed by atoms with Gasteiger partial charge in [0.05, 0.1) is 5.02 Å². The summed E-state index contributed by atoms with van der Waals surface area (Å²) in [5.41, 5.74) is 7.13. The second kappa shape index (κ2) is 6.03. The molecule has 4 nitrogen and oxygen atoms in total. The van der Waals surface area contributed by atoms with Crippen LogP contribution in [-0.2, 0) is 16.6 Å². The Bertz CT molecular complexity index is 657. The predicted molar refractivity (Wildman–Crippen MR) is 81.5 cm³/mol. The molecule has 1 aromatic rings. The normalized spacial score (nSPS) is 17.1. The molecule has 110 valence electrons. The zero-order valence-corrected chi connectivity index (χ0v) is 13.4. The molecule has 0 aliphatic carbocycles. The Labute approximate surface area is 129 Å².